The van der Waals surface area contributed by atoms with Crippen molar-refractivity contribution in [2.75, 3.05) is 16.4 Å². The van der Waals surface area contributed by atoms with Crippen LogP contribution in [0.15, 0.2) is 40.9 Å². The Morgan fingerprint density at radius 2 is 1.70 bits per heavy atom. The standard InChI is InChI=1S/C13H10BrF2N3O/c14-9-5-12(11(16)6-10(9)15)19-13(20)18-8-3-1-7(17)2-4-8/h1-6H,17H2,(H2,18,19,20). The fourth-order valence-electron chi connectivity index (χ4n) is 1.47. The summed E-state index contributed by atoms with van der Waals surface area (Å²) in [6.45, 7) is 0. The Morgan fingerprint density at radius 1 is 1.05 bits per heavy atom. The molecule has 0 aliphatic carbocycles. The van der Waals surface area contributed by atoms with Crippen LogP contribution >= 0.6 is 15.9 Å². The lowest BCUT2D eigenvalue weighted by molar-refractivity contribution is 0.262. The summed E-state index contributed by atoms with van der Waals surface area (Å²) in [4.78, 5) is 11.7. The lowest BCUT2D eigenvalue weighted by atomic mass is 10.3. The molecule has 0 fully saturated rings. The number of nitrogen functional groups attached to an aromatic ring is 1. The maximum absolute atomic E-state index is 13.5. The van der Waals surface area contributed by atoms with E-state index in [1.54, 1.807) is 24.3 Å². The minimum Gasteiger partial charge on any atom is -0.399 e. The third-order valence-corrected chi connectivity index (χ3v) is 3.03. The van der Waals surface area contributed by atoms with Crippen LogP contribution in [0.2, 0.25) is 0 Å². The van der Waals surface area contributed by atoms with Gasteiger partial charge >= 0.3 is 6.03 Å². The van der Waals surface area contributed by atoms with Crippen molar-refractivity contribution < 1.29 is 13.6 Å². The van der Waals surface area contributed by atoms with Crippen LogP contribution in [0.3, 0.4) is 0 Å². The monoisotopic (exact) mass is 341 g/mol. The third-order valence-electron chi connectivity index (χ3n) is 2.43. The first kappa shape index (κ1) is 14.3. The highest BCUT2D eigenvalue weighted by Gasteiger charge is 2.11. The molecule has 0 aromatic heterocycles. The molecule has 0 saturated carbocycles. The van der Waals surface area contributed by atoms with E-state index in [4.69, 9.17) is 5.73 Å². The summed E-state index contributed by atoms with van der Waals surface area (Å²) in [5.74, 6) is -1.61. The van der Waals surface area contributed by atoms with E-state index < -0.39 is 17.7 Å². The fourth-order valence-corrected chi connectivity index (χ4v) is 1.81. The van der Waals surface area contributed by atoms with Crippen LogP contribution < -0.4 is 16.4 Å². The SMILES string of the molecule is Nc1ccc(NC(=O)Nc2cc(Br)c(F)cc2F)cc1. The molecule has 0 unspecified atom stereocenters. The summed E-state index contributed by atoms with van der Waals surface area (Å²) in [6.07, 6.45) is 0. The quantitative estimate of drug-likeness (QED) is 0.571. The Morgan fingerprint density at radius 3 is 2.35 bits per heavy atom. The molecule has 2 rings (SSSR count). The van der Waals surface area contributed by atoms with E-state index in [9.17, 15) is 13.6 Å². The van der Waals surface area contributed by atoms with Crippen LogP contribution in [0, 0.1) is 11.6 Å². The number of rotatable bonds is 2. The number of carbonyl (C=O) groups excluding carboxylic acids is 1. The summed E-state index contributed by atoms with van der Waals surface area (Å²) >= 11 is 2.92. The normalized spacial score (nSPS) is 10.2. The van der Waals surface area contributed by atoms with E-state index in [2.05, 4.69) is 26.6 Å². The van der Waals surface area contributed by atoms with Crippen LogP contribution in [0.25, 0.3) is 0 Å². The second-order valence-electron chi connectivity index (χ2n) is 3.95. The first-order valence-corrected chi connectivity index (χ1v) is 6.33. The zero-order chi connectivity index (χ0) is 14.7. The van der Waals surface area contributed by atoms with Crippen molar-refractivity contribution in [1.29, 1.82) is 0 Å². The first-order chi connectivity index (χ1) is 9.45. The largest absolute Gasteiger partial charge is 0.399 e. The number of urea groups is 1. The molecular formula is C13H10BrF2N3O. The first-order valence-electron chi connectivity index (χ1n) is 5.54. The predicted octanol–water partition coefficient (Wildman–Crippen LogP) is 3.95. The zero-order valence-corrected chi connectivity index (χ0v) is 11.7. The van der Waals surface area contributed by atoms with Gasteiger partial charge in [0.05, 0.1) is 10.2 Å². The van der Waals surface area contributed by atoms with Gasteiger partial charge in [-0.2, -0.15) is 0 Å². The minimum atomic E-state index is -0.863. The maximum Gasteiger partial charge on any atom is 0.323 e. The second kappa shape index (κ2) is 5.87. The van der Waals surface area contributed by atoms with Gasteiger partial charge in [0.25, 0.3) is 0 Å². The maximum atomic E-state index is 13.5. The van der Waals surface area contributed by atoms with E-state index in [-0.39, 0.29) is 10.2 Å². The molecule has 0 bridgehead atoms. The van der Waals surface area contributed by atoms with Gasteiger partial charge in [-0.25, -0.2) is 13.6 Å². The van der Waals surface area contributed by atoms with Gasteiger partial charge in [-0.3, -0.25) is 0 Å². The molecule has 0 aliphatic rings. The van der Waals surface area contributed by atoms with Crippen molar-refractivity contribution in [2.24, 2.45) is 0 Å². The molecule has 7 heteroatoms. The van der Waals surface area contributed by atoms with E-state index >= 15 is 0 Å². The average Bonchev–Trinajstić information content (AvgIpc) is 2.39. The van der Waals surface area contributed by atoms with Crippen LogP contribution in [0.4, 0.5) is 30.6 Å². The summed E-state index contributed by atoms with van der Waals surface area (Å²) in [5, 5.41) is 4.79. The van der Waals surface area contributed by atoms with Crippen LogP contribution in [0.1, 0.15) is 0 Å². The highest BCUT2D eigenvalue weighted by atomic mass is 79.9. The van der Waals surface area contributed by atoms with Crippen molar-refractivity contribution in [1.82, 2.24) is 0 Å². The van der Waals surface area contributed by atoms with Gasteiger partial charge in [0, 0.05) is 17.4 Å². The Kier molecular flexibility index (Phi) is 4.19. The van der Waals surface area contributed by atoms with E-state index in [1.807, 2.05) is 0 Å². The summed E-state index contributed by atoms with van der Waals surface area (Å²) in [6, 6.07) is 7.62. The van der Waals surface area contributed by atoms with Crippen LogP contribution in [-0.4, -0.2) is 6.03 Å². The molecular weight excluding hydrogens is 332 g/mol. The molecule has 4 N–H and O–H groups in total. The number of halogens is 3. The minimum absolute atomic E-state index is 0.0571. The van der Waals surface area contributed by atoms with Crippen LogP contribution in [-0.2, 0) is 0 Å². The number of carbonyl (C=O) groups is 1. The summed E-state index contributed by atoms with van der Waals surface area (Å²) in [5.41, 5.74) is 6.44. The van der Waals surface area contributed by atoms with Crippen LogP contribution in [0.5, 0.6) is 0 Å². The molecule has 0 radical (unpaired) electrons. The molecule has 0 atom stereocenters. The Balaban J connectivity index is 2.08. The smallest absolute Gasteiger partial charge is 0.323 e. The predicted molar refractivity (Wildman–Crippen MR) is 77.6 cm³/mol. The lowest BCUT2D eigenvalue weighted by Gasteiger charge is -2.09. The lowest BCUT2D eigenvalue weighted by Crippen LogP contribution is -2.20. The molecule has 20 heavy (non-hydrogen) atoms. The van der Waals surface area contributed by atoms with Gasteiger partial charge in [0.2, 0.25) is 0 Å². The van der Waals surface area contributed by atoms with E-state index in [0.29, 0.717) is 17.4 Å². The van der Waals surface area contributed by atoms with Crippen molar-refractivity contribution in [3.05, 3.63) is 52.5 Å². The fraction of sp³-hybridized carbons (Fsp3) is 0. The topological polar surface area (TPSA) is 67.1 Å². The number of hydrogen-bond acceptors (Lipinski definition) is 2. The Bertz CT molecular complexity index is 647. The number of hydrogen-bond donors (Lipinski definition) is 3. The second-order valence-corrected chi connectivity index (χ2v) is 4.80. The van der Waals surface area contributed by atoms with Gasteiger partial charge in [0.15, 0.2) is 0 Å². The average molecular weight is 342 g/mol. The van der Waals surface area contributed by atoms with Crippen molar-refractivity contribution in [3.8, 4) is 0 Å². The zero-order valence-electron chi connectivity index (χ0n) is 10.1. The molecule has 104 valence electrons. The highest BCUT2D eigenvalue weighted by Crippen LogP contribution is 2.23. The van der Waals surface area contributed by atoms with Crippen molar-refractivity contribution >= 4 is 39.0 Å². The van der Waals surface area contributed by atoms with Gasteiger partial charge in [0.1, 0.15) is 11.6 Å². The van der Waals surface area contributed by atoms with E-state index in [1.165, 1.54) is 0 Å². The molecule has 0 spiro atoms. The van der Waals surface area contributed by atoms with Crippen molar-refractivity contribution in [2.45, 2.75) is 0 Å². The molecule has 4 nitrogen and oxygen atoms in total. The molecule has 0 aliphatic heterocycles. The molecule has 2 aromatic rings. The Labute approximate surface area is 122 Å². The summed E-state index contributed by atoms with van der Waals surface area (Å²) < 4.78 is 26.6. The van der Waals surface area contributed by atoms with Gasteiger partial charge in [-0.05, 0) is 46.3 Å². The number of benzene rings is 2. The van der Waals surface area contributed by atoms with Crippen molar-refractivity contribution in [3.63, 3.8) is 0 Å². The molecule has 0 heterocycles. The van der Waals surface area contributed by atoms with Gasteiger partial charge < -0.3 is 16.4 Å². The highest BCUT2D eigenvalue weighted by molar-refractivity contribution is 9.10. The molecule has 0 saturated heterocycles. The number of nitrogens with two attached hydrogens (primary N) is 1. The molecule has 2 amide bonds. The third kappa shape index (κ3) is 3.45. The molecule has 2 aromatic carbocycles. The number of anilines is 3. The number of nitrogens with one attached hydrogen (secondary N) is 2. The van der Waals surface area contributed by atoms with E-state index in [0.717, 1.165) is 6.07 Å². The Hall–Kier alpha value is -2.15. The summed E-state index contributed by atoms with van der Waals surface area (Å²) in [7, 11) is 0. The number of amides is 2. The van der Waals surface area contributed by atoms with Gasteiger partial charge in [-0.1, -0.05) is 0 Å². The van der Waals surface area contributed by atoms with Gasteiger partial charge in [-0.15, -0.1) is 0 Å².